The standard InChI is InChI=1S/C16H19N/c1-3-13-14(4-2)16(17)11-10-15(13)12-8-6-5-7-9-12/h5-11H,3-4,17H2,1-2H3. The van der Waals surface area contributed by atoms with E-state index in [1.165, 1.54) is 22.3 Å². The Hall–Kier alpha value is -1.76. The second kappa shape index (κ2) is 5.05. The Morgan fingerprint density at radius 2 is 1.47 bits per heavy atom. The minimum Gasteiger partial charge on any atom is -0.398 e. The van der Waals surface area contributed by atoms with E-state index in [9.17, 15) is 0 Å². The molecule has 2 aromatic rings. The highest BCUT2D eigenvalue weighted by Gasteiger charge is 2.10. The molecule has 0 aliphatic rings. The van der Waals surface area contributed by atoms with Crippen molar-refractivity contribution in [2.75, 3.05) is 5.73 Å². The number of rotatable bonds is 3. The smallest absolute Gasteiger partial charge is 0.0349 e. The molecule has 0 fully saturated rings. The molecule has 2 rings (SSSR count). The first-order chi connectivity index (χ1) is 8.27. The van der Waals surface area contributed by atoms with Gasteiger partial charge in [0.15, 0.2) is 0 Å². The molecule has 0 spiro atoms. The van der Waals surface area contributed by atoms with Crippen LogP contribution in [-0.4, -0.2) is 0 Å². The lowest BCUT2D eigenvalue weighted by atomic mass is 9.91. The summed E-state index contributed by atoms with van der Waals surface area (Å²) in [7, 11) is 0. The van der Waals surface area contributed by atoms with Crippen molar-refractivity contribution < 1.29 is 0 Å². The fraction of sp³-hybridized carbons (Fsp3) is 0.250. The molecule has 0 unspecified atom stereocenters. The third-order valence-corrected chi connectivity index (χ3v) is 3.26. The Morgan fingerprint density at radius 3 is 2.06 bits per heavy atom. The molecule has 0 saturated heterocycles. The van der Waals surface area contributed by atoms with Crippen LogP contribution in [0.2, 0.25) is 0 Å². The third kappa shape index (κ3) is 2.19. The molecule has 0 aliphatic heterocycles. The minimum atomic E-state index is 0.920. The quantitative estimate of drug-likeness (QED) is 0.783. The molecule has 88 valence electrons. The van der Waals surface area contributed by atoms with Crippen molar-refractivity contribution in [1.82, 2.24) is 0 Å². The van der Waals surface area contributed by atoms with Gasteiger partial charge in [-0.3, -0.25) is 0 Å². The lowest BCUT2D eigenvalue weighted by molar-refractivity contribution is 1.04. The van der Waals surface area contributed by atoms with Crippen LogP contribution in [0.25, 0.3) is 11.1 Å². The van der Waals surface area contributed by atoms with Crippen molar-refractivity contribution in [2.45, 2.75) is 26.7 Å². The van der Waals surface area contributed by atoms with Crippen molar-refractivity contribution >= 4 is 5.69 Å². The molecular weight excluding hydrogens is 206 g/mol. The van der Waals surface area contributed by atoms with Gasteiger partial charge >= 0.3 is 0 Å². The number of nitrogens with two attached hydrogens (primary N) is 1. The van der Waals surface area contributed by atoms with Gasteiger partial charge in [-0.05, 0) is 41.2 Å². The summed E-state index contributed by atoms with van der Waals surface area (Å²) in [5.41, 5.74) is 12.3. The molecule has 0 amide bonds. The van der Waals surface area contributed by atoms with Crippen molar-refractivity contribution in [2.24, 2.45) is 0 Å². The van der Waals surface area contributed by atoms with Crippen LogP contribution in [0.4, 0.5) is 5.69 Å². The highest BCUT2D eigenvalue weighted by molar-refractivity contribution is 5.72. The van der Waals surface area contributed by atoms with Crippen molar-refractivity contribution in [3.8, 4) is 11.1 Å². The van der Waals surface area contributed by atoms with Gasteiger partial charge in [0, 0.05) is 5.69 Å². The Labute approximate surface area is 103 Å². The molecule has 1 heteroatoms. The molecule has 0 saturated carbocycles. The van der Waals surface area contributed by atoms with Crippen LogP contribution in [-0.2, 0) is 12.8 Å². The van der Waals surface area contributed by atoms with Crippen LogP contribution in [0.3, 0.4) is 0 Å². The number of anilines is 1. The molecule has 0 bridgehead atoms. The van der Waals surface area contributed by atoms with Crippen LogP contribution in [0.1, 0.15) is 25.0 Å². The Morgan fingerprint density at radius 1 is 0.824 bits per heavy atom. The van der Waals surface area contributed by atoms with Gasteiger partial charge in [-0.2, -0.15) is 0 Å². The van der Waals surface area contributed by atoms with E-state index in [1.807, 2.05) is 12.1 Å². The molecule has 0 aromatic heterocycles. The van der Waals surface area contributed by atoms with E-state index in [2.05, 4.69) is 44.2 Å². The summed E-state index contributed by atoms with van der Waals surface area (Å²) in [6, 6.07) is 14.7. The lowest BCUT2D eigenvalue weighted by Gasteiger charge is -2.15. The molecule has 0 heterocycles. The Balaban J connectivity index is 2.63. The lowest BCUT2D eigenvalue weighted by Crippen LogP contribution is -2.00. The summed E-state index contributed by atoms with van der Waals surface area (Å²) in [5.74, 6) is 0. The van der Waals surface area contributed by atoms with Gasteiger partial charge in [0.1, 0.15) is 0 Å². The second-order valence-electron chi connectivity index (χ2n) is 4.23. The molecule has 2 aromatic carbocycles. The average Bonchev–Trinajstić information content (AvgIpc) is 2.39. The predicted molar refractivity (Wildman–Crippen MR) is 75.0 cm³/mol. The fourth-order valence-electron chi connectivity index (χ4n) is 2.42. The summed E-state index contributed by atoms with van der Waals surface area (Å²) in [5, 5.41) is 0. The fourth-order valence-corrected chi connectivity index (χ4v) is 2.42. The Bertz CT molecular complexity index is 500. The topological polar surface area (TPSA) is 26.0 Å². The zero-order valence-electron chi connectivity index (χ0n) is 10.5. The van der Waals surface area contributed by atoms with Gasteiger partial charge in [0.2, 0.25) is 0 Å². The maximum absolute atomic E-state index is 6.05. The van der Waals surface area contributed by atoms with Crippen LogP contribution in [0.15, 0.2) is 42.5 Å². The average molecular weight is 225 g/mol. The third-order valence-electron chi connectivity index (χ3n) is 3.26. The molecule has 2 N–H and O–H groups in total. The normalized spacial score (nSPS) is 10.5. The largest absolute Gasteiger partial charge is 0.398 e. The number of benzene rings is 2. The maximum atomic E-state index is 6.05. The summed E-state index contributed by atoms with van der Waals surface area (Å²) in [6.07, 6.45) is 2.02. The first kappa shape index (κ1) is 11.7. The number of hydrogen-bond donors (Lipinski definition) is 1. The second-order valence-corrected chi connectivity index (χ2v) is 4.23. The van der Waals surface area contributed by atoms with Gasteiger partial charge in [0.25, 0.3) is 0 Å². The van der Waals surface area contributed by atoms with E-state index in [0.29, 0.717) is 0 Å². The number of nitrogen functional groups attached to an aromatic ring is 1. The predicted octanol–water partition coefficient (Wildman–Crippen LogP) is 4.06. The Kier molecular flexibility index (Phi) is 3.48. The molecule has 1 nitrogen and oxygen atoms in total. The van der Waals surface area contributed by atoms with Gasteiger partial charge in [-0.15, -0.1) is 0 Å². The van der Waals surface area contributed by atoms with E-state index >= 15 is 0 Å². The van der Waals surface area contributed by atoms with Crippen LogP contribution in [0, 0.1) is 0 Å². The van der Waals surface area contributed by atoms with Gasteiger partial charge in [-0.25, -0.2) is 0 Å². The highest BCUT2D eigenvalue weighted by atomic mass is 14.6. The van der Waals surface area contributed by atoms with Crippen LogP contribution >= 0.6 is 0 Å². The summed E-state index contributed by atoms with van der Waals surface area (Å²) < 4.78 is 0. The molecular formula is C16H19N. The van der Waals surface area contributed by atoms with E-state index < -0.39 is 0 Å². The van der Waals surface area contributed by atoms with Crippen molar-refractivity contribution in [1.29, 1.82) is 0 Å². The zero-order chi connectivity index (χ0) is 12.3. The molecule has 0 aliphatic carbocycles. The van der Waals surface area contributed by atoms with E-state index in [0.717, 1.165) is 18.5 Å². The SMILES string of the molecule is CCc1c(N)ccc(-c2ccccc2)c1CC. The summed E-state index contributed by atoms with van der Waals surface area (Å²) in [6.45, 7) is 4.36. The number of hydrogen-bond acceptors (Lipinski definition) is 1. The first-order valence-corrected chi connectivity index (χ1v) is 6.23. The minimum absolute atomic E-state index is 0.920. The van der Waals surface area contributed by atoms with Gasteiger partial charge in [-0.1, -0.05) is 50.2 Å². The van der Waals surface area contributed by atoms with Crippen LogP contribution in [0.5, 0.6) is 0 Å². The summed E-state index contributed by atoms with van der Waals surface area (Å²) >= 11 is 0. The van der Waals surface area contributed by atoms with E-state index in [-0.39, 0.29) is 0 Å². The maximum Gasteiger partial charge on any atom is 0.0349 e. The van der Waals surface area contributed by atoms with E-state index in [1.54, 1.807) is 0 Å². The summed E-state index contributed by atoms with van der Waals surface area (Å²) in [4.78, 5) is 0. The monoisotopic (exact) mass is 225 g/mol. The van der Waals surface area contributed by atoms with Crippen molar-refractivity contribution in [3.05, 3.63) is 53.6 Å². The zero-order valence-corrected chi connectivity index (χ0v) is 10.5. The first-order valence-electron chi connectivity index (χ1n) is 6.23. The highest BCUT2D eigenvalue weighted by Crippen LogP contribution is 2.30. The van der Waals surface area contributed by atoms with Gasteiger partial charge in [0.05, 0.1) is 0 Å². The molecule has 0 radical (unpaired) electrons. The van der Waals surface area contributed by atoms with E-state index in [4.69, 9.17) is 5.73 Å². The van der Waals surface area contributed by atoms with Crippen LogP contribution < -0.4 is 5.73 Å². The van der Waals surface area contributed by atoms with Gasteiger partial charge < -0.3 is 5.73 Å². The molecule has 0 atom stereocenters. The van der Waals surface area contributed by atoms with Crippen molar-refractivity contribution in [3.63, 3.8) is 0 Å². The molecule has 17 heavy (non-hydrogen) atoms.